The summed E-state index contributed by atoms with van der Waals surface area (Å²) in [7, 11) is 0. The lowest BCUT2D eigenvalue weighted by molar-refractivity contribution is -0.155. The molecule has 0 radical (unpaired) electrons. The second kappa shape index (κ2) is 4.66. The van der Waals surface area contributed by atoms with Crippen molar-refractivity contribution in [1.82, 2.24) is 0 Å². The highest BCUT2D eigenvalue weighted by molar-refractivity contribution is 6.31. The minimum atomic E-state index is -4.69. The van der Waals surface area contributed by atoms with E-state index in [0.717, 1.165) is 12.1 Å². The molecule has 0 unspecified atom stereocenters. The van der Waals surface area contributed by atoms with Crippen molar-refractivity contribution in [2.24, 2.45) is 5.41 Å². The number of carboxylic acid groups (broad SMARTS) is 1. The number of alkyl halides is 3. The predicted octanol–water partition coefficient (Wildman–Crippen LogP) is 3.13. The van der Waals surface area contributed by atoms with Crippen molar-refractivity contribution in [3.8, 4) is 5.75 Å². The van der Waals surface area contributed by atoms with Gasteiger partial charge in [-0.25, -0.2) is 0 Å². The van der Waals surface area contributed by atoms with Gasteiger partial charge in [0.15, 0.2) is 5.41 Å². The van der Waals surface area contributed by atoms with Crippen molar-refractivity contribution in [2.45, 2.75) is 19.0 Å². The van der Waals surface area contributed by atoms with Crippen LogP contribution in [0.1, 0.15) is 18.4 Å². The molecular weight excluding hydrogens is 301 g/mol. The fourth-order valence-electron chi connectivity index (χ4n) is 1.62. The maximum atomic E-state index is 12.6. The fraction of sp³-hybridized carbons (Fsp3) is 0.333. The Morgan fingerprint density at radius 1 is 1.30 bits per heavy atom. The average molecular weight is 309 g/mol. The minimum absolute atomic E-state index is 0.112. The van der Waals surface area contributed by atoms with Gasteiger partial charge in [0.05, 0.1) is 10.6 Å². The molecule has 20 heavy (non-hydrogen) atoms. The van der Waals surface area contributed by atoms with Gasteiger partial charge in [0, 0.05) is 0 Å². The van der Waals surface area contributed by atoms with Crippen molar-refractivity contribution in [1.29, 1.82) is 0 Å². The van der Waals surface area contributed by atoms with E-state index in [1.54, 1.807) is 0 Å². The van der Waals surface area contributed by atoms with E-state index >= 15 is 0 Å². The quantitative estimate of drug-likeness (QED) is 0.529. The van der Waals surface area contributed by atoms with Crippen molar-refractivity contribution in [2.75, 3.05) is 0 Å². The summed E-state index contributed by atoms with van der Waals surface area (Å²) in [5.74, 6) is -2.80. The molecule has 0 spiro atoms. The molecule has 1 aliphatic rings. The van der Waals surface area contributed by atoms with Crippen LogP contribution in [0.2, 0.25) is 5.02 Å². The molecule has 1 aliphatic carbocycles. The molecule has 0 heterocycles. The molecule has 1 N–H and O–H groups in total. The molecule has 2 rings (SSSR count). The van der Waals surface area contributed by atoms with Gasteiger partial charge in [-0.3, -0.25) is 9.59 Å². The van der Waals surface area contributed by atoms with Gasteiger partial charge in [0.25, 0.3) is 0 Å². The SMILES string of the molecule is O=C(O)C1(C(=O)Oc2ccc(Cl)c(C(F)(F)F)c2)CC1. The molecule has 4 nitrogen and oxygen atoms in total. The van der Waals surface area contributed by atoms with Gasteiger partial charge in [-0.05, 0) is 31.0 Å². The maximum Gasteiger partial charge on any atom is 0.417 e. The number of carbonyl (C=O) groups excluding carboxylic acids is 1. The topological polar surface area (TPSA) is 63.6 Å². The van der Waals surface area contributed by atoms with Crippen LogP contribution in [-0.4, -0.2) is 17.0 Å². The average Bonchev–Trinajstić information content (AvgIpc) is 3.11. The monoisotopic (exact) mass is 308 g/mol. The first-order chi connectivity index (χ1) is 9.17. The number of halogens is 4. The Morgan fingerprint density at radius 2 is 1.90 bits per heavy atom. The summed E-state index contributed by atoms with van der Waals surface area (Å²) in [6.45, 7) is 0. The maximum absolute atomic E-state index is 12.6. The normalized spacial score (nSPS) is 16.6. The van der Waals surface area contributed by atoms with E-state index in [-0.39, 0.29) is 18.6 Å². The Labute approximate surface area is 116 Å². The molecule has 1 saturated carbocycles. The molecule has 0 aliphatic heterocycles. The van der Waals surface area contributed by atoms with Gasteiger partial charge in [-0.15, -0.1) is 0 Å². The van der Waals surface area contributed by atoms with Crippen LogP contribution in [0.5, 0.6) is 5.75 Å². The number of ether oxygens (including phenoxy) is 1. The predicted molar refractivity (Wildman–Crippen MR) is 61.4 cm³/mol. The first-order valence-electron chi connectivity index (χ1n) is 5.49. The third kappa shape index (κ3) is 2.58. The summed E-state index contributed by atoms with van der Waals surface area (Å²) in [6, 6.07) is 2.58. The summed E-state index contributed by atoms with van der Waals surface area (Å²) in [4.78, 5) is 22.6. The lowest BCUT2D eigenvalue weighted by Crippen LogP contribution is -2.29. The Kier molecular flexibility index (Phi) is 3.41. The molecule has 1 fully saturated rings. The standard InChI is InChI=1S/C12H8ClF3O4/c13-8-2-1-6(5-7(8)12(14,15)16)20-10(19)11(3-4-11)9(17)18/h1-2,5H,3-4H2,(H,17,18). The number of hydrogen-bond donors (Lipinski definition) is 1. The Bertz CT molecular complexity index is 579. The van der Waals surface area contributed by atoms with Gasteiger partial charge in [0.1, 0.15) is 5.75 Å². The van der Waals surface area contributed by atoms with E-state index in [4.69, 9.17) is 21.4 Å². The largest absolute Gasteiger partial charge is 0.480 e. The number of rotatable bonds is 3. The van der Waals surface area contributed by atoms with E-state index in [1.165, 1.54) is 0 Å². The first-order valence-corrected chi connectivity index (χ1v) is 5.87. The lowest BCUT2D eigenvalue weighted by atomic mass is 10.1. The van der Waals surface area contributed by atoms with Gasteiger partial charge in [-0.2, -0.15) is 13.2 Å². The van der Waals surface area contributed by atoms with Crippen LogP contribution in [0.25, 0.3) is 0 Å². The highest BCUT2D eigenvalue weighted by Gasteiger charge is 2.58. The number of benzene rings is 1. The third-order valence-corrected chi connectivity index (χ3v) is 3.33. The summed E-state index contributed by atoms with van der Waals surface area (Å²) in [6.07, 6.45) is -4.47. The molecule has 8 heteroatoms. The van der Waals surface area contributed by atoms with E-state index in [9.17, 15) is 22.8 Å². The van der Waals surface area contributed by atoms with Crippen LogP contribution in [0.4, 0.5) is 13.2 Å². The summed E-state index contributed by atoms with van der Waals surface area (Å²) < 4.78 is 42.6. The molecule has 1 aromatic carbocycles. The number of carbonyl (C=O) groups is 2. The molecular formula is C12H8ClF3O4. The Morgan fingerprint density at radius 3 is 2.35 bits per heavy atom. The lowest BCUT2D eigenvalue weighted by Gasteiger charge is -2.13. The Balaban J connectivity index is 2.23. The second-order valence-electron chi connectivity index (χ2n) is 4.42. The van der Waals surface area contributed by atoms with Gasteiger partial charge in [-0.1, -0.05) is 11.6 Å². The highest BCUT2D eigenvalue weighted by atomic mass is 35.5. The number of hydrogen-bond acceptors (Lipinski definition) is 3. The van der Waals surface area contributed by atoms with E-state index < -0.39 is 34.1 Å². The van der Waals surface area contributed by atoms with Crippen LogP contribution >= 0.6 is 11.6 Å². The molecule has 0 aromatic heterocycles. The molecule has 0 atom stereocenters. The van der Waals surface area contributed by atoms with Gasteiger partial charge in [0.2, 0.25) is 0 Å². The Hall–Kier alpha value is -1.76. The number of carboxylic acids is 1. The molecule has 1 aromatic rings. The second-order valence-corrected chi connectivity index (χ2v) is 4.82. The zero-order valence-corrected chi connectivity index (χ0v) is 10.6. The smallest absolute Gasteiger partial charge is 0.417 e. The van der Waals surface area contributed by atoms with Crippen molar-refractivity contribution < 1.29 is 32.6 Å². The third-order valence-electron chi connectivity index (χ3n) is 3.00. The van der Waals surface area contributed by atoms with Gasteiger partial charge < -0.3 is 9.84 Å². The zero-order valence-electron chi connectivity index (χ0n) is 9.83. The van der Waals surface area contributed by atoms with E-state index in [2.05, 4.69) is 0 Å². The molecule has 108 valence electrons. The summed E-state index contributed by atoms with van der Waals surface area (Å²) in [5, 5.41) is 8.35. The minimum Gasteiger partial charge on any atom is -0.480 e. The molecule has 0 bridgehead atoms. The summed E-state index contributed by atoms with van der Waals surface area (Å²) in [5.41, 5.74) is -2.78. The van der Waals surface area contributed by atoms with Crippen LogP contribution in [0.3, 0.4) is 0 Å². The summed E-state index contributed by atoms with van der Waals surface area (Å²) >= 11 is 5.42. The van der Waals surface area contributed by atoms with E-state index in [1.807, 2.05) is 0 Å². The highest BCUT2D eigenvalue weighted by Crippen LogP contribution is 2.47. The van der Waals surface area contributed by atoms with Crippen LogP contribution in [0.15, 0.2) is 18.2 Å². The number of aliphatic carboxylic acids is 1. The van der Waals surface area contributed by atoms with Gasteiger partial charge >= 0.3 is 18.1 Å². The zero-order chi connectivity index (χ0) is 15.1. The van der Waals surface area contributed by atoms with Crippen LogP contribution < -0.4 is 4.74 Å². The number of esters is 1. The molecule has 0 saturated heterocycles. The van der Waals surface area contributed by atoms with Crippen LogP contribution in [0, 0.1) is 5.41 Å². The van der Waals surface area contributed by atoms with Crippen molar-refractivity contribution in [3.63, 3.8) is 0 Å². The van der Waals surface area contributed by atoms with Crippen molar-refractivity contribution in [3.05, 3.63) is 28.8 Å². The first kappa shape index (κ1) is 14.6. The van der Waals surface area contributed by atoms with E-state index in [0.29, 0.717) is 6.07 Å². The van der Waals surface area contributed by atoms with Crippen LogP contribution in [-0.2, 0) is 15.8 Å². The fourth-order valence-corrected chi connectivity index (χ4v) is 1.84. The molecule has 0 amide bonds. The van der Waals surface area contributed by atoms with Crippen molar-refractivity contribution >= 4 is 23.5 Å².